The van der Waals surface area contributed by atoms with Crippen LogP contribution in [0.2, 0.25) is 10.0 Å². The highest BCUT2D eigenvalue weighted by Gasteiger charge is 2.66. The van der Waals surface area contributed by atoms with Crippen LogP contribution in [0.4, 0.5) is 18.0 Å². The molecule has 6 nitrogen and oxygen atoms in total. The standard InChI is InChI=1S/C22H15Cl2F3N2O4/c23-13-8-4-7-12(17(13)24)14-9-10-15(33-14)18-16(19(30)11-5-2-1-3-6-11)21(32,22(25,26)27)29-20(31)28-18/h1-10,16,18,32H,(H2,28,29,31)/t16-,18+,21-/m1/s1. The molecule has 0 spiro atoms. The van der Waals surface area contributed by atoms with Gasteiger partial charge in [0, 0.05) is 11.1 Å². The van der Waals surface area contributed by atoms with Crippen molar-refractivity contribution in [3.8, 4) is 11.3 Å². The van der Waals surface area contributed by atoms with Gasteiger partial charge in [-0.1, -0.05) is 59.6 Å². The van der Waals surface area contributed by atoms with Crippen LogP contribution >= 0.6 is 23.2 Å². The van der Waals surface area contributed by atoms with Gasteiger partial charge in [0.25, 0.3) is 0 Å². The number of carbonyl (C=O) groups is 2. The number of ketones is 1. The second-order valence-corrected chi connectivity index (χ2v) is 8.14. The van der Waals surface area contributed by atoms with Crippen molar-refractivity contribution >= 4 is 35.0 Å². The maximum absolute atomic E-state index is 14.0. The van der Waals surface area contributed by atoms with Gasteiger partial charge >= 0.3 is 12.2 Å². The Balaban J connectivity index is 1.83. The fourth-order valence-corrected chi connectivity index (χ4v) is 4.11. The second-order valence-electron chi connectivity index (χ2n) is 7.35. The van der Waals surface area contributed by atoms with Crippen molar-refractivity contribution in [2.45, 2.75) is 17.9 Å². The number of benzene rings is 2. The summed E-state index contributed by atoms with van der Waals surface area (Å²) in [5.41, 5.74) is -3.58. The van der Waals surface area contributed by atoms with Crippen LogP contribution in [0, 0.1) is 5.92 Å². The van der Waals surface area contributed by atoms with Crippen molar-refractivity contribution in [1.82, 2.24) is 10.6 Å². The summed E-state index contributed by atoms with van der Waals surface area (Å²) in [6.45, 7) is 0. The summed E-state index contributed by atoms with van der Waals surface area (Å²) in [5, 5.41) is 14.7. The number of amides is 2. The number of nitrogens with one attached hydrogen (secondary N) is 2. The first-order valence-electron chi connectivity index (χ1n) is 9.54. The number of alkyl halides is 3. The molecule has 0 radical (unpaired) electrons. The summed E-state index contributed by atoms with van der Waals surface area (Å²) in [6.07, 6.45) is -5.37. The van der Waals surface area contributed by atoms with Gasteiger partial charge in [-0.3, -0.25) is 4.79 Å². The Hall–Kier alpha value is -3.01. The summed E-state index contributed by atoms with van der Waals surface area (Å²) in [5.74, 6) is -3.29. The highest BCUT2D eigenvalue weighted by Crippen LogP contribution is 2.45. The third-order valence-electron chi connectivity index (χ3n) is 5.30. The minimum atomic E-state index is -5.37. The van der Waals surface area contributed by atoms with Crippen LogP contribution < -0.4 is 10.6 Å². The molecule has 1 saturated heterocycles. The molecule has 33 heavy (non-hydrogen) atoms. The summed E-state index contributed by atoms with van der Waals surface area (Å²) in [6, 6.07) is 11.6. The van der Waals surface area contributed by atoms with Crippen LogP contribution in [-0.2, 0) is 0 Å². The van der Waals surface area contributed by atoms with Crippen molar-refractivity contribution in [2.24, 2.45) is 5.92 Å². The highest BCUT2D eigenvalue weighted by atomic mass is 35.5. The van der Waals surface area contributed by atoms with E-state index < -0.39 is 35.7 Å². The number of hydrogen-bond acceptors (Lipinski definition) is 4. The maximum Gasteiger partial charge on any atom is 0.437 e. The minimum Gasteiger partial charge on any atom is -0.459 e. The van der Waals surface area contributed by atoms with Crippen molar-refractivity contribution in [3.05, 3.63) is 82.0 Å². The van der Waals surface area contributed by atoms with Crippen molar-refractivity contribution < 1.29 is 32.3 Å². The predicted octanol–water partition coefficient (Wildman–Crippen LogP) is 5.36. The first-order valence-corrected chi connectivity index (χ1v) is 10.3. The Kier molecular flexibility index (Phi) is 5.90. The zero-order valence-corrected chi connectivity index (χ0v) is 18.0. The molecule has 3 atom stereocenters. The number of halogens is 5. The van der Waals surface area contributed by atoms with Crippen LogP contribution in [0.15, 0.2) is 65.1 Å². The molecule has 2 amide bonds. The minimum absolute atomic E-state index is 0.0854. The lowest BCUT2D eigenvalue weighted by Gasteiger charge is -2.44. The average molecular weight is 499 g/mol. The molecule has 1 aromatic heterocycles. The third-order valence-corrected chi connectivity index (χ3v) is 6.12. The number of rotatable bonds is 4. The van der Waals surface area contributed by atoms with E-state index in [0.29, 0.717) is 5.56 Å². The van der Waals surface area contributed by atoms with E-state index in [0.717, 1.165) is 0 Å². The van der Waals surface area contributed by atoms with Gasteiger partial charge in [0.1, 0.15) is 23.5 Å². The zero-order chi connectivity index (χ0) is 24.0. The van der Waals surface area contributed by atoms with Gasteiger partial charge in [0.05, 0.1) is 10.0 Å². The first kappa shape index (κ1) is 23.2. The second kappa shape index (κ2) is 8.40. The van der Waals surface area contributed by atoms with Gasteiger partial charge in [0.15, 0.2) is 5.78 Å². The maximum atomic E-state index is 14.0. The molecule has 0 unspecified atom stereocenters. The normalized spacial score (nSPS) is 23.0. The van der Waals surface area contributed by atoms with Gasteiger partial charge in [-0.15, -0.1) is 0 Å². The molecule has 11 heteroatoms. The van der Waals surface area contributed by atoms with Gasteiger partial charge < -0.3 is 20.2 Å². The molecule has 0 aliphatic carbocycles. The molecule has 0 saturated carbocycles. The van der Waals surface area contributed by atoms with E-state index in [1.807, 2.05) is 0 Å². The summed E-state index contributed by atoms with van der Waals surface area (Å²) >= 11 is 12.2. The molecule has 2 heterocycles. The average Bonchev–Trinajstić information content (AvgIpc) is 3.24. The SMILES string of the molecule is O=C1N[C@@H](c2ccc(-c3cccc(Cl)c3Cl)o2)[C@H](C(=O)c2ccccc2)[C@@](O)(C(F)(F)F)N1. The fraction of sp³-hybridized carbons (Fsp3) is 0.182. The van der Waals surface area contributed by atoms with Gasteiger partial charge in [0.2, 0.25) is 5.72 Å². The molecule has 172 valence electrons. The molecule has 1 aliphatic rings. The predicted molar refractivity (Wildman–Crippen MR) is 114 cm³/mol. The molecule has 1 aliphatic heterocycles. The number of hydrogen-bond donors (Lipinski definition) is 3. The Labute approximate surface area is 195 Å². The van der Waals surface area contributed by atoms with E-state index in [4.69, 9.17) is 27.6 Å². The monoisotopic (exact) mass is 498 g/mol. The van der Waals surface area contributed by atoms with Gasteiger partial charge in [-0.2, -0.15) is 13.2 Å². The van der Waals surface area contributed by atoms with E-state index in [-0.39, 0.29) is 27.1 Å². The fourth-order valence-electron chi connectivity index (χ4n) is 3.72. The Bertz CT molecular complexity index is 1220. The molecule has 3 aromatic rings. The molecule has 0 bridgehead atoms. The molecule has 2 aromatic carbocycles. The van der Waals surface area contributed by atoms with Crippen LogP contribution in [0.5, 0.6) is 0 Å². The summed E-state index contributed by atoms with van der Waals surface area (Å²) < 4.78 is 47.6. The molecular formula is C22H15Cl2F3N2O4. The van der Waals surface area contributed by atoms with Gasteiger partial charge in [-0.05, 0) is 24.3 Å². The number of urea groups is 1. The Morgan fingerprint density at radius 1 is 1.03 bits per heavy atom. The van der Waals surface area contributed by atoms with E-state index in [1.54, 1.807) is 24.3 Å². The summed E-state index contributed by atoms with van der Waals surface area (Å²) in [4.78, 5) is 25.3. The van der Waals surface area contributed by atoms with Crippen LogP contribution in [0.3, 0.4) is 0 Å². The van der Waals surface area contributed by atoms with Crippen molar-refractivity contribution in [2.75, 3.05) is 0 Å². The van der Waals surface area contributed by atoms with Gasteiger partial charge in [-0.25, -0.2) is 4.79 Å². The molecular weight excluding hydrogens is 484 g/mol. The number of aliphatic hydroxyl groups is 1. The molecule has 3 N–H and O–H groups in total. The smallest absolute Gasteiger partial charge is 0.437 e. The van der Waals surface area contributed by atoms with E-state index in [2.05, 4.69) is 5.32 Å². The quantitative estimate of drug-likeness (QED) is 0.422. The van der Waals surface area contributed by atoms with Crippen LogP contribution in [-0.4, -0.2) is 28.8 Å². The topological polar surface area (TPSA) is 91.6 Å². The van der Waals surface area contributed by atoms with Crippen LogP contribution in [0.25, 0.3) is 11.3 Å². The van der Waals surface area contributed by atoms with E-state index >= 15 is 0 Å². The lowest BCUT2D eigenvalue weighted by Crippen LogP contribution is -2.72. The van der Waals surface area contributed by atoms with Crippen molar-refractivity contribution in [1.29, 1.82) is 0 Å². The lowest BCUT2D eigenvalue weighted by molar-refractivity contribution is -0.288. The highest BCUT2D eigenvalue weighted by molar-refractivity contribution is 6.43. The van der Waals surface area contributed by atoms with E-state index in [1.165, 1.54) is 41.7 Å². The third kappa shape index (κ3) is 4.07. The Morgan fingerprint density at radius 2 is 1.73 bits per heavy atom. The van der Waals surface area contributed by atoms with Crippen molar-refractivity contribution in [3.63, 3.8) is 0 Å². The lowest BCUT2D eigenvalue weighted by atomic mass is 9.79. The number of Topliss-reactive ketones (excluding diaryl/α,β-unsaturated/α-hetero) is 1. The van der Waals surface area contributed by atoms with E-state index in [9.17, 15) is 27.9 Å². The Morgan fingerprint density at radius 3 is 2.39 bits per heavy atom. The first-order chi connectivity index (χ1) is 15.5. The number of furan rings is 1. The van der Waals surface area contributed by atoms with Crippen LogP contribution in [0.1, 0.15) is 22.2 Å². The zero-order valence-electron chi connectivity index (χ0n) is 16.5. The molecule has 1 fully saturated rings. The largest absolute Gasteiger partial charge is 0.459 e. The number of carbonyl (C=O) groups excluding carboxylic acids is 2. The summed E-state index contributed by atoms with van der Waals surface area (Å²) in [7, 11) is 0. The molecule has 4 rings (SSSR count).